The number of carbonyl (C=O) groups excluding carboxylic acids is 2. The van der Waals surface area contributed by atoms with E-state index in [1.54, 1.807) is 0 Å². The minimum atomic E-state index is -4.59. The van der Waals surface area contributed by atoms with E-state index in [4.69, 9.17) is 19.1 Å². The van der Waals surface area contributed by atoms with E-state index in [1.165, 1.54) is 122 Å². The summed E-state index contributed by atoms with van der Waals surface area (Å²) in [6.45, 7) is 2.12. The van der Waals surface area contributed by atoms with Gasteiger partial charge in [-0.05, 0) is 12.8 Å². The highest BCUT2D eigenvalue weighted by atomic mass is 31.2. The fourth-order valence-corrected chi connectivity index (χ4v) is 6.23. The molecule has 0 aliphatic rings. The summed E-state index contributed by atoms with van der Waals surface area (Å²) >= 11 is 0. The van der Waals surface area contributed by atoms with Gasteiger partial charge in [0.2, 0.25) is 0 Å². The molecule has 3 N–H and O–H groups in total. The second-order valence-electron chi connectivity index (χ2n) is 13.3. The largest absolute Gasteiger partial charge is 0.472 e. The predicted molar refractivity (Wildman–Crippen MR) is 192 cm³/mol. The van der Waals surface area contributed by atoms with Crippen LogP contribution < -0.4 is 0 Å². The quantitative estimate of drug-likeness (QED) is 0.0324. The molecule has 48 heavy (non-hydrogen) atoms. The lowest BCUT2D eigenvalue weighted by atomic mass is 10.0. The maximum Gasteiger partial charge on any atom is 0.472 e. The van der Waals surface area contributed by atoms with Crippen molar-refractivity contribution in [1.29, 1.82) is 0 Å². The summed E-state index contributed by atoms with van der Waals surface area (Å²) < 4.78 is 32.1. The Hall–Kier alpha value is -1.03. The molecule has 0 amide bonds. The molecule has 0 saturated carbocycles. The smallest absolute Gasteiger partial charge is 0.462 e. The number of ether oxygens (including phenoxy) is 2. The van der Waals surface area contributed by atoms with Gasteiger partial charge >= 0.3 is 19.8 Å². The normalized spacial score (nSPS) is 14.0. The van der Waals surface area contributed by atoms with E-state index >= 15 is 0 Å². The number of hydrogen-bond acceptors (Lipinski definition) is 9. The molecule has 0 aromatic carbocycles. The van der Waals surface area contributed by atoms with Crippen molar-refractivity contribution in [2.75, 3.05) is 26.4 Å². The molecule has 0 rings (SSSR count). The zero-order valence-electron chi connectivity index (χ0n) is 30.7. The van der Waals surface area contributed by atoms with Crippen molar-refractivity contribution in [3.05, 3.63) is 0 Å². The first-order chi connectivity index (χ1) is 23.2. The zero-order chi connectivity index (χ0) is 35.6. The van der Waals surface area contributed by atoms with E-state index in [2.05, 4.69) is 11.4 Å². The third-order valence-corrected chi connectivity index (χ3v) is 9.46. The van der Waals surface area contributed by atoms with Gasteiger partial charge in [0.25, 0.3) is 0 Å². The Balaban J connectivity index is 3.87. The number of hydrogen-bond donors (Lipinski definition) is 3. The molecule has 0 heterocycles. The Morgan fingerprint density at radius 2 is 0.917 bits per heavy atom. The van der Waals surface area contributed by atoms with E-state index < -0.39 is 51.8 Å². The molecule has 0 aromatic rings. The van der Waals surface area contributed by atoms with Gasteiger partial charge in [-0.2, -0.15) is 0 Å². The molecule has 0 saturated heterocycles. The number of aliphatic hydroxyl groups is 2. The standard InChI is InChI=1S/C37H73O10P/c1-3-5-7-8-9-10-11-12-13-14-15-16-17-18-19-20-21-22-23-24-25-26-27-29-37(41)47-35(32-44-36(40)28-6-4-2)33-46-48(42,43)45-31-34(39)30-38/h34-35,38-39H,3-33H2,1-2H3,(H,42,43). The van der Waals surface area contributed by atoms with Gasteiger partial charge in [0.15, 0.2) is 6.10 Å². The van der Waals surface area contributed by atoms with Gasteiger partial charge in [-0.3, -0.25) is 18.6 Å². The summed E-state index contributed by atoms with van der Waals surface area (Å²) in [6.07, 6.45) is 29.3. The molecule has 0 aromatic heterocycles. The molecular formula is C37H73O10P. The summed E-state index contributed by atoms with van der Waals surface area (Å²) in [5, 5.41) is 18.1. The first-order valence-electron chi connectivity index (χ1n) is 19.5. The van der Waals surface area contributed by atoms with Crippen LogP contribution in [0.15, 0.2) is 0 Å². The first kappa shape index (κ1) is 47.0. The third-order valence-electron chi connectivity index (χ3n) is 8.51. The Bertz CT molecular complexity index is 781. The molecule has 0 aliphatic carbocycles. The maximum absolute atomic E-state index is 12.4. The highest BCUT2D eigenvalue weighted by molar-refractivity contribution is 7.47. The summed E-state index contributed by atoms with van der Waals surface area (Å²) in [6, 6.07) is 0. The number of aliphatic hydroxyl groups excluding tert-OH is 2. The second-order valence-corrected chi connectivity index (χ2v) is 14.8. The van der Waals surface area contributed by atoms with Crippen LogP contribution in [-0.2, 0) is 32.7 Å². The van der Waals surface area contributed by atoms with E-state index in [0.29, 0.717) is 12.8 Å². The van der Waals surface area contributed by atoms with E-state index in [-0.39, 0.29) is 19.4 Å². The number of phosphoric ester groups is 1. The minimum Gasteiger partial charge on any atom is -0.462 e. The molecule has 0 radical (unpaired) electrons. The van der Waals surface area contributed by atoms with Crippen molar-refractivity contribution in [1.82, 2.24) is 0 Å². The van der Waals surface area contributed by atoms with Gasteiger partial charge in [0.1, 0.15) is 12.7 Å². The van der Waals surface area contributed by atoms with Crippen LogP contribution in [0.4, 0.5) is 0 Å². The summed E-state index contributed by atoms with van der Waals surface area (Å²) in [5.74, 6) is -0.955. The average Bonchev–Trinajstić information content (AvgIpc) is 3.07. The fourth-order valence-electron chi connectivity index (χ4n) is 5.44. The van der Waals surface area contributed by atoms with Crippen LogP contribution in [0.1, 0.15) is 187 Å². The van der Waals surface area contributed by atoms with Crippen molar-refractivity contribution >= 4 is 19.8 Å². The molecule has 0 fully saturated rings. The van der Waals surface area contributed by atoms with Crippen LogP contribution in [0.2, 0.25) is 0 Å². The van der Waals surface area contributed by atoms with Crippen LogP contribution in [0.5, 0.6) is 0 Å². The summed E-state index contributed by atoms with van der Waals surface area (Å²) in [5.41, 5.74) is 0. The molecular weight excluding hydrogens is 635 g/mol. The molecule has 286 valence electrons. The number of esters is 2. The summed E-state index contributed by atoms with van der Waals surface area (Å²) in [7, 11) is -4.59. The Kier molecular flexibility index (Phi) is 33.7. The highest BCUT2D eigenvalue weighted by Crippen LogP contribution is 2.43. The topological polar surface area (TPSA) is 149 Å². The van der Waals surface area contributed by atoms with Gasteiger partial charge in [-0.15, -0.1) is 0 Å². The van der Waals surface area contributed by atoms with Crippen LogP contribution in [0.25, 0.3) is 0 Å². The lowest BCUT2D eigenvalue weighted by molar-refractivity contribution is -0.161. The van der Waals surface area contributed by atoms with Crippen molar-refractivity contribution in [2.45, 2.75) is 199 Å². The lowest BCUT2D eigenvalue weighted by Crippen LogP contribution is -2.29. The first-order valence-corrected chi connectivity index (χ1v) is 21.0. The average molecular weight is 709 g/mol. The number of phosphoric acid groups is 1. The zero-order valence-corrected chi connectivity index (χ0v) is 31.6. The van der Waals surface area contributed by atoms with Crippen LogP contribution in [0.3, 0.4) is 0 Å². The third kappa shape index (κ3) is 33.5. The Morgan fingerprint density at radius 1 is 0.542 bits per heavy atom. The molecule has 0 spiro atoms. The maximum atomic E-state index is 12.4. The fraction of sp³-hybridized carbons (Fsp3) is 0.946. The minimum absolute atomic E-state index is 0.190. The SMILES string of the molecule is CCCCCCCCCCCCCCCCCCCCCCCCCC(=O)OC(COC(=O)CCCC)COP(=O)(O)OCC(O)CO. The molecule has 3 atom stereocenters. The van der Waals surface area contributed by atoms with Crippen LogP contribution in [0, 0.1) is 0 Å². The van der Waals surface area contributed by atoms with E-state index in [1.807, 2.05) is 6.92 Å². The molecule has 0 bridgehead atoms. The number of unbranched alkanes of at least 4 members (excludes halogenated alkanes) is 23. The van der Waals surface area contributed by atoms with Crippen molar-refractivity contribution in [2.24, 2.45) is 0 Å². The van der Waals surface area contributed by atoms with Gasteiger partial charge < -0.3 is 24.6 Å². The second kappa shape index (κ2) is 34.4. The van der Waals surface area contributed by atoms with E-state index in [0.717, 1.165) is 25.7 Å². The molecule has 0 aliphatic heterocycles. The van der Waals surface area contributed by atoms with E-state index in [9.17, 15) is 24.2 Å². The Labute approximate surface area is 293 Å². The van der Waals surface area contributed by atoms with Gasteiger partial charge in [0.05, 0.1) is 19.8 Å². The van der Waals surface area contributed by atoms with Crippen molar-refractivity contribution in [3.63, 3.8) is 0 Å². The highest BCUT2D eigenvalue weighted by Gasteiger charge is 2.27. The monoisotopic (exact) mass is 708 g/mol. The Morgan fingerprint density at radius 3 is 1.33 bits per heavy atom. The summed E-state index contributed by atoms with van der Waals surface area (Å²) in [4.78, 5) is 34.1. The molecule has 3 unspecified atom stereocenters. The molecule has 11 heteroatoms. The van der Waals surface area contributed by atoms with Crippen molar-refractivity contribution < 1.29 is 47.8 Å². The van der Waals surface area contributed by atoms with Crippen molar-refractivity contribution in [3.8, 4) is 0 Å². The van der Waals surface area contributed by atoms with Gasteiger partial charge in [0, 0.05) is 12.8 Å². The number of carbonyl (C=O) groups is 2. The lowest BCUT2D eigenvalue weighted by Gasteiger charge is -2.20. The predicted octanol–water partition coefficient (Wildman–Crippen LogP) is 9.50. The van der Waals surface area contributed by atoms with Crippen LogP contribution in [-0.4, -0.2) is 65.7 Å². The molecule has 10 nitrogen and oxygen atoms in total. The van der Waals surface area contributed by atoms with Gasteiger partial charge in [-0.1, -0.05) is 162 Å². The van der Waals surface area contributed by atoms with Crippen LogP contribution >= 0.6 is 7.82 Å². The number of rotatable bonds is 37. The van der Waals surface area contributed by atoms with Gasteiger partial charge in [-0.25, -0.2) is 4.57 Å².